The van der Waals surface area contributed by atoms with Crippen molar-refractivity contribution in [2.45, 2.75) is 26.9 Å². The number of carboxylic acids is 1. The average molecular weight is 406 g/mol. The molecule has 2 N–H and O–H groups in total. The van der Waals surface area contributed by atoms with Crippen LogP contribution >= 0.6 is 22.9 Å². The minimum atomic E-state index is -1.12. The fraction of sp³-hybridized carbons (Fsp3) is 0.222. The summed E-state index contributed by atoms with van der Waals surface area (Å²) in [7, 11) is 0. The number of halogens is 1. The number of hydrogen-bond donors (Lipinski definition) is 2. The molecule has 0 bridgehead atoms. The quantitative estimate of drug-likeness (QED) is 0.595. The van der Waals surface area contributed by atoms with Crippen molar-refractivity contribution in [3.63, 3.8) is 0 Å². The summed E-state index contributed by atoms with van der Waals surface area (Å²) in [4.78, 5) is 33.2. The predicted octanol–water partition coefficient (Wildman–Crippen LogP) is 4.66. The van der Waals surface area contributed by atoms with Gasteiger partial charge in [0.2, 0.25) is 0 Å². The Bertz CT molecular complexity index is 1050. The Kier molecular flexibility index (Phi) is 5.29. The molecule has 2 aromatic heterocycles. The number of ether oxygens (including phenoxy) is 1. The van der Waals surface area contributed by atoms with Crippen molar-refractivity contribution in [2.75, 3.05) is 5.32 Å². The monoisotopic (exact) mass is 405 g/mol. The standard InChI is InChI=1S/C18H16ClN3O4S/c1-8(2)26-18(25)14-9(3)13-15(20-7-21-16(13)27-14)22-10-4-5-12(19)11(6-10)17(23)24/h4-8H,1-3H3,(H,23,24)(H,20,21,22). The smallest absolute Gasteiger partial charge is 0.348 e. The van der Waals surface area contributed by atoms with Gasteiger partial charge in [0.1, 0.15) is 21.9 Å². The van der Waals surface area contributed by atoms with E-state index in [1.165, 1.54) is 29.8 Å². The van der Waals surface area contributed by atoms with Gasteiger partial charge in [-0.1, -0.05) is 11.6 Å². The van der Waals surface area contributed by atoms with E-state index in [-0.39, 0.29) is 16.7 Å². The number of aryl methyl sites for hydroxylation is 1. The van der Waals surface area contributed by atoms with E-state index < -0.39 is 11.9 Å². The van der Waals surface area contributed by atoms with Crippen molar-refractivity contribution >= 4 is 56.6 Å². The van der Waals surface area contributed by atoms with Gasteiger partial charge in [-0.2, -0.15) is 0 Å². The van der Waals surface area contributed by atoms with E-state index in [9.17, 15) is 14.7 Å². The van der Waals surface area contributed by atoms with Crippen LogP contribution in [-0.2, 0) is 4.74 Å². The van der Waals surface area contributed by atoms with E-state index in [1.807, 2.05) is 0 Å². The molecule has 0 saturated heterocycles. The molecule has 3 rings (SSSR count). The lowest BCUT2D eigenvalue weighted by molar-refractivity contribution is 0.0383. The van der Waals surface area contributed by atoms with Gasteiger partial charge in [-0.25, -0.2) is 19.6 Å². The first-order chi connectivity index (χ1) is 12.8. The molecular weight excluding hydrogens is 390 g/mol. The lowest BCUT2D eigenvalue weighted by atomic mass is 10.1. The number of rotatable bonds is 5. The van der Waals surface area contributed by atoms with Crippen molar-refractivity contribution in [2.24, 2.45) is 0 Å². The summed E-state index contributed by atoms with van der Waals surface area (Å²) in [6.45, 7) is 5.37. The van der Waals surface area contributed by atoms with Gasteiger partial charge in [0.25, 0.3) is 0 Å². The first-order valence-electron chi connectivity index (χ1n) is 8.03. The number of carbonyl (C=O) groups is 2. The summed E-state index contributed by atoms with van der Waals surface area (Å²) in [5.74, 6) is -1.06. The summed E-state index contributed by atoms with van der Waals surface area (Å²) in [5.41, 5.74) is 1.19. The van der Waals surface area contributed by atoms with Crippen LogP contribution < -0.4 is 5.32 Å². The SMILES string of the molecule is Cc1c(C(=O)OC(C)C)sc2ncnc(Nc3ccc(Cl)c(C(=O)O)c3)c12. The molecule has 7 nitrogen and oxygen atoms in total. The first-order valence-corrected chi connectivity index (χ1v) is 9.22. The van der Waals surface area contributed by atoms with Crippen LogP contribution in [0.4, 0.5) is 11.5 Å². The predicted molar refractivity (Wildman–Crippen MR) is 104 cm³/mol. The molecule has 0 fully saturated rings. The summed E-state index contributed by atoms with van der Waals surface area (Å²) >= 11 is 7.14. The van der Waals surface area contributed by atoms with Crippen LogP contribution in [0.3, 0.4) is 0 Å². The maximum Gasteiger partial charge on any atom is 0.348 e. The van der Waals surface area contributed by atoms with E-state index in [0.717, 1.165) is 0 Å². The van der Waals surface area contributed by atoms with Gasteiger partial charge in [0.15, 0.2) is 0 Å². The second kappa shape index (κ2) is 7.50. The molecule has 0 spiro atoms. The summed E-state index contributed by atoms with van der Waals surface area (Å²) < 4.78 is 5.28. The Morgan fingerprint density at radius 1 is 1.30 bits per heavy atom. The fourth-order valence-corrected chi connectivity index (χ4v) is 3.76. The van der Waals surface area contributed by atoms with Crippen LogP contribution in [0.25, 0.3) is 10.2 Å². The van der Waals surface area contributed by atoms with Gasteiger partial charge in [-0.05, 0) is 44.5 Å². The van der Waals surface area contributed by atoms with Gasteiger partial charge in [0.05, 0.1) is 22.1 Å². The lowest BCUT2D eigenvalue weighted by Crippen LogP contribution is -2.11. The number of fused-ring (bicyclic) bond motifs is 1. The second-order valence-electron chi connectivity index (χ2n) is 6.04. The van der Waals surface area contributed by atoms with Gasteiger partial charge in [0, 0.05) is 5.69 Å². The second-order valence-corrected chi connectivity index (χ2v) is 7.44. The Hall–Kier alpha value is -2.71. The molecule has 0 amide bonds. The van der Waals surface area contributed by atoms with Crippen LogP contribution in [0.15, 0.2) is 24.5 Å². The Morgan fingerprint density at radius 2 is 2.04 bits per heavy atom. The molecule has 0 radical (unpaired) electrons. The molecule has 0 saturated carbocycles. The Balaban J connectivity index is 2.03. The zero-order valence-electron chi connectivity index (χ0n) is 14.7. The number of thiophene rings is 1. The molecular formula is C18H16ClN3O4S. The molecule has 0 aliphatic heterocycles. The number of benzene rings is 1. The zero-order chi connectivity index (χ0) is 19.7. The third kappa shape index (κ3) is 3.86. The van der Waals surface area contributed by atoms with E-state index in [0.29, 0.717) is 32.2 Å². The van der Waals surface area contributed by atoms with Gasteiger partial charge >= 0.3 is 11.9 Å². The third-order valence-corrected chi connectivity index (χ3v) is 5.22. The maximum atomic E-state index is 12.3. The van der Waals surface area contributed by atoms with Crippen molar-refractivity contribution < 1.29 is 19.4 Å². The normalized spacial score (nSPS) is 11.0. The number of carbonyl (C=O) groups excluding carboxylic acids is 1. The summed E-state index contributed by atoms with van der Waals surface area (Å²) in [5, 5.41) is 13.1. The van der Waals surface area contributed by atoms with Crippen molar-refractivity contribution in [1.82, 2.24) is 9.97 Å². The van der Waals surface area contributed by atoms with Crippen LogP contribution in [0.2, 0.25) is 5.02 Å². The number of aromatic carboxylic acids is 1. The highest BCUT2D eigenvalue weighted by Gasteiger charge is 2.21. The minimum Gasteiger partial charge on any atom is -0.478 e. The molecule has 1 aromatic carbocycles. The molecule has 9 heteroatoms. The molecule has 0 aliphatic rings. The number of carboxylic acid groups (broad SMARTS) is 1. The van der Waals surface area contributed by atoms with E-state index in [4.69, 9.17) is 16.3 Å². The summed E-state index contributed by atoms with van der Waals surface area (Å²) in [6.07, 6.45) is 1.15. The molecule has 27 heavy (non-hydrogen) atoms. The number of nitrogens with one attached hydrogen (secondary N) is 1. The minimum absolute atomic E-state index is 0.0183. The topological polar surface area (TPSA) is 101 Å². The van der Waals surface area contributed by atoms with Crippen LogP contribution in [-0.4, -0.2) is 33.1 Å². The molecule has 140 valence electrons. The molecule has 3 aromatic rings. The highest BCUT2D eigenvalue weighted by molar-refractivity contribution is 7.20. The van der Waals surface area contributed by atoms with Gasteiger partial charge in [-0.3, -0.25) is 0 Å². The van der Waals surface area contributed by atoms with E-state index in [2.05, 4.69) is 15.3 Å². The van der Waals surface area contributed by atoms with Gasteiger partial charge < -0.3 is 15.2 Å². The number of hydrogen-bond acceptors (Lipinski definition) is 7. The highest BCUT2D eigenvalue weighted by Crippen LogP contribution is 2.35. The molecule has 2 heterocycles. The number of anilines is 2. The number of nitrogens with zero attached hydrogens (tertiary/aromatic N) is 2. The molecule has 0 unspecified atom stereocenters. The van der Waals surface area contributed by atoms with E-state index >= 15 is 0 Å². The average Bonchev–Trinajstić information content (AvgIpc) is 2.94. The Morgan fingerprint density at radius 3 is 2.70 bits per heavy atom. The van der Waals surface area contributed by atoms with Crippen molar-refractivity contribution in [3.8, 4) is 0 Å². The molecule has 0 atom stereocenters. The lowest BCUT2D eigenvalue weighted by Gasteiger charge is -2.09. The summed E-state index contributed by atoms with van der Waals surface area (Å²) in [6, 6.07) is 4.57. The fourth-order valence-electron chi connectivity index (χ4n) is 2.53. The first kappa shape index (κ1) is 19.1. The number of aromatic nitrogens is 2. The van der Waals surface area contributed by atoms with Gasteiger partial charge in [-0.15, -0.1) is 11.3 Å². The van der Waals surface area contributed by atoms with Crippen molar-refractivity contribution in [3.05, 3.63) is 45.6 Å². The third-order valence-electron chi connectivity index (χ3n) is 3.71. The van der Waals surface area contributed by atoms with Crippen LogP contribution in [0.5, 0.6) is 0 Å². The zero-order valence-corrected chi connectivity index (χ0v) is 16.3. The largest absolute Gasteiger partial charge is 0.478 e. The van der Waals surface area contributed by atoms with Crippen LogP contribution in [0, 0.1) is 6.92 Å². The van der Waals surface area contributed by atoms with Crippen LogP contribution in [0.1, 0.15) is 39.4 Å². The molecule has 0 aliphatic carbocycles. The number of esters is 1. The maximum absolute atomic E-state index is 12.3. The Labute approximate surface area is 164 Å². The highest BCUT2D eigenvalue weighted by atomic mass is 35.5. The van der Waals surface area contributed by atoms with Crippen molar-refractivity contribution in [1.29, 1.82) is 0 Å². The van der Waals surface area contributed by atoms with E-state index in [1.54, 1.807) is 26.8 Å².